The fourth-order valence-corrected chi connectivity index (χ4v) is 2.48. The summed E-state index contributed by atoms with van der Waals surface area (Å²) >= 11 is 0. The number of nitrogens with zero attached hydrogens (tertiary/aromatic N) is 1. The zero-order chi connectivity index (χ0) is 19.7. The smallest absolute Gasteiger partial charge is 0.405 e. The molecule has 5 nitrogen and oxygen atoms in total. The highest BCUT2D eigenvalue weighted by Gasteiger charge is 2.31. The molecule has 0 saturated heterocycles. The number of ether oxygens (including phenoxy) is 2. The van der Waals surface area contributed by atoms with Gasteiger partial charge in [0.15, 0.2) is 5.96 Å². The van der Waals surface area contributed by atoms with E-state index in [0.29, 0.717) is 24.7 Å². The van der Waals surface area contributed by atoms with E-state index >= 15 is 0 Å². The highest BCUT2D eigenvalue weighted by molar-refractivity contribution is 14.0. The molecular formula is C19H23F3IN3O2. The van der Waals surface area contributed by atoms with Crippen molar-refractivity contribution in [3.8, 4) is 5.75 Å². The predicted molar refractivity (Wildman–Crippen MR) is 113 cm³/mol. The summed E-state index contributed by atoms with van der Waals surface area (Å²) in [7, 11) is 3.22. The molecule has 0 aliphatic heterocycles. The third kappa shape index (κ3) is 7.93. The maximum Gasteiger partial charge on any atom is 0.573 e. The Hall–Kier alpha value is -2.01. The van der Waals surface area contributed by atoms with E-state index in [0.717, 1.165) is 11.1 Å². The number of benzene rings is 2. The van der Waals surface area contributed by atoms with Gasteiger partial charge in [-0.2, -0.15) is 0 Å². The summed E-state index contributed by atoms with van der Waals surface area (Å²) in [6.07, 6.45) is -4.74. The second-order valence-corrected chi connectivity index (χ2v) is 5.64. The summed E-state index contributed by atoms with van der Waals surface area (Å²) in [5.41, 5.74) is 2.47. The Kier molecular flexibility index (Phi) is 10.1. The zero-order valence-electron chi connectivity index (χ0n) is 15.5. The van der Waals surface area contributed by atoms with Crippen molar-refractivity contribution in [2.75, 3.05) is 14.2 Å². The number of para-hydroxylation sites is 1. The molecule has 2 rings (SSSR count). The van der Waals surface area contributed by atoms with Crippen molar-refractivity contribution in [1.29, 1.82) is 0 Å². The Morgan fingerprint density at radius 2 is 1.46 bits per heavy atom. The van der Waals surface area contributed by atoms with Crippen molar-refractivity contribution in [2.45, 2.75) is 26.1 Å². The molecule has 0 aromatic heterocycles. The van der Waals surface area contributed by atoms with Gasteiger partial charge >= 0.3 is 6.36 Å². The molecule has 0 saturated carbocycles. The number of hydrogen-bond donors (Lipinski definition) is 2. The molecule has 0 aliphatic rings. The van der Waals surface area contributed by atoms with Crippen LogP contribution in [0.4, 0.5) is 13.2 Å². The summed E-state index contributed by atoms with van der Waals surface area (Å²) in [5.74, 6) is 0.224. The second kappa shape index (κ2) is 11.7. The fraction of sp³-hybridized carbons (Fsp3) is 0.316. The Morgan fingerprint density at radius 3 is 2.04 bits per heavy atom. The first-order chi connectivity index (χ1) is 12.9. The molecule has 0 radical (unpaired) electrons. The lowest BCUT2D eigenvalue weighted by atomic mass is 10.1. The number of guanidine groups is 1. The average molecular weight is 509 g/mol. The Bertz CT molecular complexity index is 770. The number of aliphatic imine (C=N–C) groups is 1. The van der Waals surface area contributed by atoms with E-state index in [1.54, 1.807) is 26.3 Å². The molecule has 0 heterocycles. The van der Waals surface area contributed by atoms with Crippen LogP contribution >= 0.6 is 24.0 Å². The normalized spacial score (nSPS) is 11.5. The van der Waals surface area contributed by atoms with Crippen LogP contribution in [0, 0.1) is 0 Å². The highest BCUT2D eigenvalue weighted by atomic mass is 127. The molecule has 154 valence electrons. The van der Waals surface area contributed by atoms with Crippen molar-refractivity contribution in [3.63, 3.8) is 0 Å². The third-order valence-electron chi connectivity index (χ3n) is 3.73. The number of rotatable bonds is 7. The van der Waals surface area contributed by atoms with Crippen LogP contribution in [-0.4, -0.2) is 26.5 Å². The van der Waals surface area contributed by atoms with E-state index < -0.39 is 6.36 Å². The van der Waals surface area contributed by atoms with E-state index in [4.69, 9.17) is 4.74 Å². The fourth-order valence-electron chi connectivity index (χ4n) is 2.48. The number of halogens is 4. The minimum absolute atomic E-state index is 0. The molecule has 28 heavy (non-hydrogen) atoms. The Morgan fingerprint density at radius 1 is 0.929 bits per heavy atom. The maximum absolute atomic E-state index is 12.5. The molecule has 0 unspecified atom stereocenters. The third-order valence-corrected chi connectivity index (χ3v) is 3.73. The van der Waals surface area contributed by atoms with Crippen molar-refractivity contribution in [1.82, 2.24) is 10.6 Å². The largest absolute Gasteiger partial charge is 0.573 e. The van der Waals surface area contributed by atoms with Crippen molar-refractivity contribution < 1.29 is 22.6 Å². The Labute approximate surface area is 179 Å². The maximum atomic E-state index is 12.5. The summed E-state index contributed by atoms with van der Waals surface area (Å²) < 4.78 is 46.8. The van der Waals surface area contributed by atoms with Gasteiger partial charge in [-0.1, -0.05) is 42.5 Å². The van der Waals surface area contributed by atoms with Crippen LogP contribution in [0.1, 0.15) is 16.7 Å². The van der Waals surface area contributed by atoms with Crippen LogP contribution in [0.25, 0.3) is 0 Å². The molecule has 0 amide bonds. The number of methoxy groups -OCH3 is 1. The van der Waals surface area contributed by atoms with Gasteiger partial charge in [0.05, 0.1) is 6.61 Å². The SMILES string of the molecule is CN=C(NCc1ccccc1COC)NCc1ccccc1OC(F)(F)F.I. The standard InChI is InChI=1S/C19H22F3N3O2.HI/c1-23-18(24-11-14-7-3-4-9-16(14)13-26-2)25-12-15-8-5-6-10-17(15)27-19(20,21)22;/h3-10H,11-13H2,1-2H3,(H2,23,24,25);1H. The van der Waals surface area contributed by atoms with E-state index in [2.05, 4.69) is 20.4 Å². The van der Waals surface area contributed by atoms with Crippen LogP contribution in [0.3, 0.4) is 0 Å². The van der Waals surface area contributed by atoms with Crippen molar-refractivity contribution in [2.24, 2.45) is 4.99 Å². The molecule has 0 bridgehead atoms. The van der Waals surface area contributed by atoms with Gasteiger partial charge in [-0.25, -0.2) is 0 Å². The van der Waals surface area contributed by atoms with E-state index in [1.807, 2.05) is 24.3 Å². The zero-order valence-corrected chi connectivity index (χ0v) is 17.9. The summed E-state index contributed by atoms with van der Waals surface area (Å²) in [5, 5.41) is 6.14. The van der Waals surface area contributed by atoms with Gasteiger partial charge in [-0.15, -0.1) is 37.1 Å². The lowest BCUT2D eigenvalue weighted by molar-refractivity contribution is -0.274. The predicted octanol–water partition coefficient (Wildman–Crippen LogP) is 4.21. The quantitative estimate of drug-likeness (QED) is 0.334. The molecule has 2 aromatic rings. The first kappa shape index (κ1) is 24.0. The number of nitrogens with one attached hydrogen (secondary N) is 2. The molecule has 0 aliphatic carbocycles. The van der Waals surface area contributed by atoms with Gasteiger partial charge in [0.2, 0.25) is 0 Å². The first-order valence-electron chi connectivity index (χ1n) is 8.27. The van der Waals surface area contributed by atoms with E-state index in [1.165, 1.54) is 12.1 Å². The van der Waals surface area contributed by atoms with Gasteiger partial charge in [-0.3, -0.25) is 4.99 Å². The van der Waals surface area contributed by atoms with E-state index in [-0.39, 0.29) is 36.3 Å². The lowest BCUT2D eigenvalue weighted by Gasteiger charge is -2.16. The molecule has 9 heteroatoms. The molecule has 0 atom stereocenters. The number of hydrogen-bond acceptors (Lipinski definition) is 3. The highest BCUT2D eigenvalue weighted by Crippen LogP contribution is 2.26. The van der Waals surface area contributed by atoms with Gasteiger partial charge in [0.25, 0.3) is 0 Å². The van der Waals surface area contributed by atoms with Gasteiger partial charge < -0.3 is 20.1 Å². The van der Waals surface area contributed by atoms with Crippen molar-refractivity contribution >= 4 is 29.9 Å². The summed E-state index contributed by atoms with van der Waals surface area (Å²) in [4.78, 5) is 4.10. The van der Waals surface area contributed by atoms with Gasteiger partial charge in [-0.05, 0) is 17.2 Å². The minimum atomic E-state index is -4.74. The average Bonchev–Trinajstić information content (AvgIpc) is 2.63. The number of alkyl halides is 3. The monoisotopic (exact) mass is 509 g/mol. The minimum Gasteiger partial charge on any atom is -0.405 e. The van der Waals surface area contributed by atoms with Crippen LogP contribution in [-0.2, 0) is 24.4 Å². The molecular weight excluding hydrogens is 486 g/mol. The van der Waals surface area contributed by atoms with Crippen molar-refractivity contribution in [3.05, 3.63) is 65.2 Å². The van der Waals surface area contributed by atoms with Gasteiger partial charge in [0, 0.05) is 32.8 Å². The van der Waals surface area contributed by atoms with Crippen LogP contribution in [0.15, 0.2) is 53.5 Å². The van der Waals surface area contributed by atoms with Crippen LogP contribution in [0.5, 0.6) is 5.75 Å². The Balaban J connectivity index is 0.00000392. The topological polar surface area (TPSA) is 54.9 Å². The summed E-state index contributed by atoms with van der Waals surface area (Å²) in [6, 6.07) is 13.8. The lowest BCUT2D eigenvalue weighted by Crippen LogP contribution is -2.36. The molecule has 0 fully saturated rings. The molecule has 0 spiro atoms. The van der Waals surface area contributed by atoms with E-state index in [9.17, 15) is 13.2 Å². The molecule has 2 aromatic carbocycles. The summed E-state index contributed by atoms with van der Waals surface area (Å²) in [6.45, 7) is 1.12. The molecule has 2 N–H and O–H groups in total. The van der Waals surface area contributed by atoms with Crippen LogP contribution < -0.4 is 15.4 Å². The van der Waals surface area contributed by atoms with Gasteiger partial charge in [0.1, 0.15) is 5.75 Å². The first-order valence-corrected chi connectivity index (χ1v) is 8.27. The van der Waals surface area contributed by atoms with Crippen LogP contribution in [0.2, 0.25) is 0 Å². The second-order valence-electron chi connectivity index (χ2n) is 5.64.